The molecule has 0 heterocycles. The molecule has 0 aromatic carbocycles. The largest absolute Gasteiger partial charge is 0.468 e. The number of hydrogen-bond acceptors (Lipinski definition) is 5. The van der Waals surface area contributed by atoms with Gasteiger partial charge in [-0.25, -0.2) is 0 Å². The second-order valence-electron chi connectivity index (χ2n) is 4.40. The van der Waals surface area contributed by atoms with Crippen LogP contribution < -0.4 is 5.73 Å². The summed E-state index contributed by atoms with van der Waals surface area (Å²) >= 11 is 0. The summed E-state index contributed by atoms with van der Waals surface area (Å²) < 4.78 is 4.64. The Labute approximate surface area is 111 Å². The number of rotatable bonds is 10. The van der Waals surface area contributed by atoms with Crippen molar-refractivity contribution in [2.24, 2.45) is 5.73 Å². The minimum absolute atomic E-state index is 0.336. The third-order valence-electron chi connectivity index (χ3n) is 3.25. The molecule has 108 valence electrons. The first-order chi connectivity index (χ1) is 8.58. The highest BCUT2D eigenvalue weighted by molar-refractivity contribution is 5.75. The van der Waals surface area contributed by atoms with E-state index >= 15 is 0 Å². The molecule has 0 amide bonds. The van der Waals surface area contributed by atoms with Crippen molar-refractivity contribution >= 4 is 5.97 Å². The van der Waals surface area contributed by atoms with E-state index in [2.05, 4.69) is 35.3 Å². The summed E-state index contributed by atoms with van der Waals surface area (Å²) in [6.45, 7) is 12.2. The van der Waals surface area contributed by atoms with E-state index in [1.807, 2.05) is 0 Å². The van der Waals surface area contributed by atoms with Gasteiger partial charge in [-0.1, -0.05) is 20.8 Å². The van der Waals surface area contributed by atoms with Crippen LogP contribution in [0.25, 0.3) is 0 Å². The highest BCUT2D eigenvalue weighted by atomic mass is 16.5. The van der Waals surface area contributed by atoms with Crippen LogP contribution in [0.3, 0.4) is 0 Å². The normalized spacial score (nSPS) is 13.1. The molecule has 0 bridgehead atoms. The van der Waals surface area contributed by atoms with Gasteiger partial charge in [0.1, 0.15) is 6.04 Å². The summed E-state index contributed by atoms with van der Waals surface area (Å²) in [5, 5.41) is 0. The van der Waals surface area contributed by atoms with Gasteiger partial charge < -0.3 is 20.3 Å². The average molecular weight is 259 g/mol. The Balaban J connectivity index is 3.93. The maximum atomic E-state index is 11.3. The van der Waals surface area contributed by atoms with E-state index in [0.29, 0.717) is 6.54 Å². The van der Waals surface area contributed by atoms with Gasteiger partial charge in [-0.3, -0.25) is 4.79 Å². The van der Waals surface area contributed by atoms with Crippen LogP contribution in [0.4, 0.5) is 0 Å². The summed E-state index contributed by atoms with van der Waals surface area (Å²) in [7, 11) is 1.37. The molecule has 0 fully saturated rings. The Kier molecular flexibility index (Phi) is 9.92. The quantitative estimate of drug-likeness (QED) is 0.580. The fourth-order valence-corrected chi connectivity index (χ4v) is 1.94. The maximum absolute atomic E-state index is 11.3. The number of carbonyl (C=O) groups excluding carboxylic acids is 1. The smallest absolute Gasteiger partial charge is 0.323 e. The predicted molar refractivity (Wildman–Crippen MR) is 74.5 cm³/mol. The molecule has 0 aromatic rings. The topological polar surface area (TPSA) is 58.8 Å². The van der Waals surface area contributed by atoms with Gasteiger partial charge in [0, 0.05) is 6.54 Å². The molecule has 0 aromatic heterocycles. The average Bonchev–Trinajstić information content (AvgIpc) is 2.40. The molecule has 0 aliphatic heterocycles. The van der Waals surface area contributed by atoms with Crippen LogP contribution in [0.15, 0.2) is 0 Å². The van der Waals surface area contributed by atoms with Gasteiger partial charge in [0.05, 0.1) is 7.11 Å². The van der Waals surface area contributed by atoms with Crippen LogP contribution in [0.5, 0.6) is 0 Å². The van der Waals surface area contributed by atoms with E-state index in [-0.39, 0.29) is 5.97 Å². The molecule has 1 unspecified atom stereocenters. The standard InChI is InChI=1S/C13H29N3O2/c1-5-15(6-2)9-8-10-16(7-3)11-12(14)13(17)18-4/h12H,5-11,14H2,1-4H3. The molecular formula is C13H29N3O2. The van der Waals surface area contributed by atoms with Crippen molar-refractivity contribution < 1.29 is 9.53 Å². The zero-order chi connectivity index (χ0) is 14.0. The van der Waals surface area contributed by atoms with Crippen molar-refractivity contribution in [1.82, 2.24) is 9.80 Å². The monoisotopic (exact) mass is 259 g/mol. The van der Waals surface area contributed by atoms with E-state index in [4.69, 9.17) is 5.73 Å². The van der Waals surface area contributed by atoms with Crippen LogP contribution in [-0.2, 0) is 9.53 Å². The first kappa shape index (κ1) is 17.4. The molecule has 0 rings (SSSR count). The van der Waals surface area contributed by atoms with Gasteiger partial charge in [-0.2, -0.15) is 0 Å². The Hall–Kier alpha value is -0.650. The van der Waals surface area contributed by atoms with Gasteiger partial charge in [0.2, 0.25) is 0 Å². The van der Waals surface area contributed by atoms with Crippen LogP contribution in [-0.4, -0.2) is 68.2 Å². The predicted octanol–water partition coefficient (Wildman–Crippen LogP) is 0.541. The second-order valence-corrected chi connectivity index (χ2v) is 4.40. The number of methoxy groups -OCH3 is 1. The lowest BCUT2D eigenvalue weighted by atomic mass is 10.2. The van der Waals surface area contributed by atoms with Crippen molar-refractivity contribution in [2.45, 2.75) is 33.2 Å². The summed E-state index contributed by atoms with van der Waals surface area (Å²) in [4.78, 5) is 15.9. The molecule has 5 nitrogen and oxygen atoms in total. The highest BCUT2D eigenvalue weighted by Crippen LogP contribution is 1.97. The van der Waals surface area contributed by atoms with Crippen LogP contribution in [0.1, 0.15) is 27.2 Å². The SMILES string of the molecule is CCN(CC)CCCN(CC)CC(N)C(=O)OC. The lowest BCUT2D eigenvalue weighted by Crippen LogP contribution is -2.44. The molecule has 0 saturated carbocycles. The fraction of sp³-hybridized carbons (Fsp3) is 0.923. The molecule has 2 N–H and O–H groups in total. The Morgan fingerprint density at radius 3 is 2.06 bits per heavy atom. The van der Waals surface area contributed by atoms with Crippen molar-refractivity contribution in [3.05, 3.63) is 0 Å². The van der Waals surface area contributed by atoms with Gasteiger partial charge in [-0.15, -0.1) is 0 Å². The number of esters is 1. The molecule has 0 aliphatic carbocycles. The Morgan fingerprint density at radius 1 is 1.11 bits per heavy atom. The summed E-state index contributed by atoms with van der Waals surface area (Å²) in [6.07, 6.45) is 1.10. The van der Waals surface area contributed by atoms with Crippen molar-refractivity contribution in [2.75, 3.05) is 46.4 Å². The van der Waals surface area contributed by atoms with Gasteiger partial charge in [0.25, 0.3) is 0 Å². The first-order valence-electron chi connectivity index (χ1n) is 6.87. The van der Waals surface area contributed by atoms with Gasteiger partial charge in [-0.05, 0) is 39.1 Å². The zero-order valence-corrected chi connectivity index (χ0v) is 12.3. The zero-order valence-electron chi connectivity index (χ0n) is 12.3. The Morgan fingerprint density at radius 2 is 1.61 bits per heavy atom. The summed E-state index contributed by atoms with van der Waals surface area (Å²) in [6, 6.07) is -0.539. The van der Waals surface area contributed by atoms with E-state index in [9.17, 15) is 4.79 Å². The molecule has 0 saturated heterocycles. The number of nitrogens with two attached hydrogens (primary N) is 1. The second kappa shape index (κ2) is 10.3. The number of carbonyl (C=O) groups is 1. The number of likely N-dealkylation sites (N-methyl/N-ethyl adjacent to an activating group) is 1. The third-order valence-corrected chi connectivity index (χ3v) is 3.25. The fourth-order valence-electron chi connectivity index (χ4n) is 1.94. The van der Waals surface area contributed by atoms with Crippen molar-refractivity contribution in [1.29, 1.82) is 0 Å². The summed E-state index contributed by atoms with van der Waals surface area (Å²) in [5.41, 5.74) is 5.76. The number of ether oxygens (including phenoxy) is 1. The van der Waals surface area contributed by atoms with E-state index in [1.54, 1.807) is 0 Å². The molecular weight excluding hydrogens is 230 g/mol. The lowest BCUT2D eigenvalue weighted by molar-refractivity contribution is -0.142. The van der Waals surface area contributed by atoms with E-state index < -0.39 is 6.04 Å². The minimum Gasteiger partial charge on any atom is -0.468 e. The van der Waals surface area contributed by atoms with Gasteiger partial charge in [0.15, 0.2) is 0 Å². The van der Waals surface area contributed by atoms with Crippen molar-refractivity contribution in [3.8, 4) is 0 Å². The molecule has 0 spiro atoms. The minimum atomic E-state index is -0.539. The van der Waals surface area contributed by atoms with E-state index in [0.717, 1.165) is 39.1 Å². The molecule has 18 heavy (non-hydrogen) atoms. The molecule has 0 radical (unpaired) electrons. The van der Waals surface area contributed by atoms with E-state index in [1.165, 1.54) is 7.11 Å². The molecule has 1 atom stereocenters. The highest BCUT2D eigenvalue weighted by Gasteiger charge is 2.16. The summed E-state index contributed by atoms with van der Waals surface area (Å²) in [5.74, 6) is -0.336. The number of nitrogens with zero attached hydrogens (tertiary/aromatic N) is 2. The molecule has 0 aliphatic rings. The lowest BCUT2D eigenvalue weighted by Gasteiger charge is -2.25. The maximum Gasteiger partial charge on any atom is 0.323 e. The van der Waals surface area contributed by atoms with Gasteiger partial charge >= 0.3 is 5.97 Å². The Bertz CT molecular complexity index is 220. The van der Waals surface area contributed by atoms with Crippen molar-refractivity contribution in [3.63, 3.8) is 0 Å². The van der Waals surface area contributed by atoms with Crippen LogP contribution in [0, 0.1) is 0 Å². The number of hydrogen-bond donors (Lipinski definition) is 1. The third kappa shape index (κ3) is 6.93. The molecule has 5 heteroatoms. The first-order valence-corrected chi connectivity index (χ1v) is 6.87. The van der Waals surface area contributed by atoms with Crippen LogP contribution in [0.2, 0.25) is 0 Å². The van der Waals surface area contributed by atoms with Crippen LogP contribution >= 0.6 is 0 Å².